The molecule has 3 rings (SSSR count). The zero-order valence-corrected chi connectivity index (χ0v) is 19.0. The third kappa shape index (κ3) is 4.42. The molecule has 1 aromatic carbocycles. The van der Waals surface area contributed by atoms with Gasteiger partial charge in [-0.05, 0) is 30.7 Å². The molecule has 3 aromatic rings. The first-order valence-corrected chi connectivity index (χ1v) is 11.5. The predicted molar refractivity (Wildman–Crippen MR) is 120 cm³/mol. The van der Waals surface area contributed by atoms with Crippen LogP contribution in [0.4, 0.5) is 5.69 Å². The molecule has 0 aliphatic heterocycles. The van der Waals surface area contributed by atoms with E-state index in [9.17, 15) is 18.0 Å². The van der Waals surface area contributed by atoms with Gasteiger partial charge in [-0.2, -0.15) is 0 Å². The largest absolute Gasteiger partial charge is 0.383 e. The van der Waals surface area contributed by atoms with Crippen LogP contribution in [0, 0.1) is 0 Å². The Morgan fingerprint density at radius 2 is 1.77 bits per heavy atom. The molecule has 0 radical (unpaired) electrons. The number of fused-ring (bicyclic) bond motifs is 1. The van der Waals surface area contributed by atoms with Gasteiger partial charge in [0.25, 0.3) is 5.56 Å². The van der Waals surface area contributed by atoms with Gasteiger partial charge < -0.3 is 9.88 Å². The summed E-state index contributed by atoms with van der Waals surface area (Å²) in [5.74, 6) is 0. The summed E-state index contributed by atoms with van der Waals surface area (Å²) in [6.45, 7) is 3.44. The van der Waals surface area contributed by atoms with Crippen LogP contribution in [0.15, 0.2) is 45.1 Å². The number of rotatable bonds is 9. The van der Waals surface area contributed by atoms with Crippen molar-refractivity contribution in [1.82, 2.24) is 23.0 Å². The number of hydrogen-bond donors (Lipinski definition) is 1. The number of aryl methyl sites for hydroxylation is 1. The lowest BCUT2D eigenvalue weighted by Crippen LogP contribution is -2.37. The zero-order chi connectivity index (χ0) is 22.8. The van der Waals surface area contributed by atoms with Crippen LogP contribution in [-0.2, 0) is 30.7 Å². The maximum atomic E-state index is 12.6. The molecule has 0 saturated carbocycles. The number of sulfonamides is 1. The molecular formula is C20H28N6O4S. The molecule has 2 heterocycles. The van der Waals surface area contributed by atoms with Crippen LogP contribution in [0.5, 0.6) is 0 Å². The van der Waals surface area contributed by atoms with Crippen molar-refractivity contribution in [2.75, 3.05) is 25.5 Å². The lowest BCUT2D eigenvalue weighted by molar-refractivity contribution is 0.459. The minimum absolute atomic E-state index is 0.252. The van der Waals surface area contributed by atoms with Crippen molar-refractivity contribution < 1.29 is 8.42 Å². The Morgan fingerprint density at radius 1 is 1.10 bits per heavy atom. The predicted octanol–water partition coefficient (Wildman–Crippen LogP) is 0.966. The molecule has 0 amide bonds. The van der Waals surface area contributed by atoms with E-state index in [4.69, 9.17) is 0 Å². The Kier molecular flexibility index (Phi) is 6.65. The average molecular weight is 449 g/mol. The summed E-state index contributed by atoms with van der Waals surface area (Å²) >= 11 is 0. The van der Waals surface area contributed by atoms with Crippen molar-refractivity contribution in [1.29, 1.82) is 0 Å². The first-order valence-electron chi connectivity index (χ1n) is 10.1. The molecular weight excluding hydrogens is 420 g/mol. The van der Waals surface area contributed by atoms with E-state index in [1.165, 1.54) is 22.2 Å². The summed E-state index contributed by atoms with van der Waals surface area (Å²) in [6, 6.07) is 6.60. The monoisotopic (exact) mass is 448 g/mol. The number of nitrogens with zero attached hydrogens (tertiary/aromatic N) is 5. The summed E-state index contributed by atoms with van der Waals surface area (Å²) < 4.78 is 30.7. The minimum atomic E-state index is -3.50. The third-order valence-corrected chi connectivity index (χ3v) is 7.16. The van der Waals surface area contributed by atoms with Crippen LogP contribution in [0.2, 0.25) is 0 Å². The Labute approximate surface area is 180 Å². The number of imidazole rings is 1. The number of aromatic nitrogens is 4. The van der Waals surface area contributed by atoms with Crippen LogP contribution >= 0.6 is 0 Å². The molecule has 1 N–H and O–H groups in total. The van der Waals surface area contributed by atoms with E-state index < -0.39 is 21.3 Å². The molecule has 168 valence electrons. The van der Waals surface area contributed by atoms with Gasteiger partial charge in [0.1, 0.15) is 0 Å². The lowest BCUT2D eigenvalue weighted by atomic mass is 10.3. The topological polar surface area (TPSA) is 111 Å². The smallest absolute Gasteiger partial charge is 0.332 e. The summed E-state index contributed by atoms with van der Waals surface area (Å²) in [7, 11) is 1.11. The Balaban J connectivity index is 1.70. The highest BCUT2D eigenvalue weighted by Crippen LogP contribution is 2.18. The second-order valence-corrected chi connectivity index (χ2v) is 9.49. The van der Waals surface area contributed by atoms with Crippen LogP contribution in [0.25, 0.3) is 11.2 Å². The van der Waals surface area contributed by atoms with E-state index in [-0.39, 0.29) is 4.90 Å². The van der Waals surface area contributed by atoms with E-state index in [1.807, 2.05) is 6.92 Å². The summed E-state index contributed by atoms with van der Waals surface area (Å²) in [4.78, 5) is 28.9. The average Bonchev–Trinajstić information content (AvgIpc) is 3.19. The molecule has 0 atom stereocenters. The van der Waals surface area contributed by atoms with Crippen molar-refractivity contribution in [2.24, 2.45) is 14.1 Å². The highest BCUT2D eigenvalue weighted by atomic mass is 32.2. The van der Waals surface area contributed by atoms with Crippen molar-refractivity contribution in [3.05, 3.63) is 51.4 Å². The van der Waals surface area contributed by atoms with Crippen LogP contribution in [0.3, 0.4) is 0 Å². The van der Waals surface area contributed by atoms with Gasteiger partial charge in [-0.1, -0.05) is 13.3 Å². The fraction of sp³-hybridized carbons (Fsp3) is 0.450. The Hall–Kier alpha value is -2.92. The first kappa shape index (κ1) is 22.8. The Bertz CT molecular complexity index is 1290. The van der Waals surface area contributed by atoms with Gasteiger partial charge in [-0.3, -0.25) is 13.9 Å². The summed E-state index contributed by atoms with van der Waals surface area (Å²) in [6.07, 6.45) is 3.28. The molecule has 11 heteroatoms. The fourth-order valence-electron chi connectivity index (χ4n) is 3.31. The number of benzene rings is 1. The van der Waals surface area contributed by atoms with Crippen molar-refractivity contribution in [3.63, 3.8) is 0 Å². The third-order valence-electron chi connectivity index (χ3n) is 5.29. The van der Waals surface area contributed by atoms with Crippen molar-refractivity contribution >= 4 is 26.9 Å². The number of hydrogen-bond acceptors (Lipinski definition) is 6. The molecule has 10 nitrogen and oxygen atoms in total. The van der Waals surface area contributed by atoms with Crippen molar-refractivity contribution in [2.45, 2.75) is 31.2 Å². The van der Waals surface area contributed by atoms with Gasteiger partial charge in [-0.15, -0.1) is 0 Å². The number of nitrogens with one attached hydrogen (secondary N) is 1. The second kappa shape index (κ2) is 9.06. The van der Waals surface area contributed by atoms with Gasteiger partial charge in [0, 0.05) is 46.5 Å². The lowest BCUT2D eigenvalue weighted by Gasteiger charge is -2.17. The minimum Gasteiger partial charge on any atom is -0.383 e. The van der Waals surface area contributed by atoms with E-state index >= 15 is 0 Å². The van der Waals surface area contributed by atoms with Crippen LogP contribution in [0.1, 0.15) is 19.8 Å². The molecule has 0 aliphatic carbocycles. The van der Waals surface area contributed by atoms with Gasteiger partial charge in [0.2, 0.25) is 10.0 Å². The Morgan fingerprint density at radius 3 is 2.42 bits per heavy atom. The van der Waals surface area contributed by atoms with Gasteiger partial charge in [-0.25, -0.2) is 22.5 Å². The molecule has 0 aliphatic rings. The summed E-state index contributed by atoms with van der Waals surface area (Å²) in [5.41, 5.74) is 0.659. The molecule has 0 bridgehead atoms. The SMILES string of the molecule is CCCCN(C)S(=O)(=O)c1ccc(NCCn2cnc3c2c(=O)n(C)c(=O)n3C)cc1. The van der Waals surface area contributed by atoms with E-state index in [0.29, 0.717) is 30.8 Å². The van der Waals surface area contributed by atoms with Gasteiger partial charge >= 0.3 is 5.69 Å². The normalized spacial score (nSPS) is 12.0. The second-order valence-electron chi connectivity index (χ2n) is 7.45. The molecule has 0 unspecified atom stereocenters. The van der Waals surface area contributed by atoms with Crippen LogP contribution < -0.4 is 16.6 Å². The maximum Gasteiger partial charge on any atom is 0.332 e. The number of anilines is 1. The number of unbranched alkanes of at least 4 members (excludes halogenated alkanes) is 1. The van der Waals surface area contributed by atoms with Crippen molar-refractivity contribution in [3.8, 4) is 0 Å². The first-order chi connectivity index (χ1) is 14.7. The molecule has 0 saturated heterocycles. The van der Waals surface area contributed by atoms with E-state index in [1.54, 1.807) is 42.9 Å². The fourth-order valence-corrected chi connectivity index (χ4v) is 4.52. The highest BCUT2D eigenvalue weighted by molar-refractivity contribution is 7.89. The highest BCUT2D eigenvalue weighted by Gasteiger charge is 2.20. The quantitative estimate of drug-likeness (QED) is 0.522. The van der Waals surface area contributed by atoms with Gasteiger partial charge in [0.05, 0.1) is 11.2 Å². The zero-order valence-electron chi connectivity index (χ0n) is 18.2. The standard InChI is InChI=1S/C20H28N6O4S/c1-5-6-12-23(2)31(29,30)16-9-7-15(8-10-16)21-11-13-26-14-22-18-17(26)19(27)25(4)20(28)24(18)3/h7-10,14,21H,5-6,11-13H2,1-4H3. The van der Waals surface area contributed by atoms with Crippen LogP contribution in [-0.4, -0.2) is 51.5 Å². The molecule has 0 fully saturated rings. The maximum absolute atomic E-state index is 12.6. The molecule has 0 spiro atoms. The van der Waals surface area contributed by atoms with E-state index in [2.05, 4.69) is 10.3 Å². The summed E-state index contributed by atoms with van der Waals surface area (Å²) in [5, 5.41) is 3.22. The van der Waals surface area contributed by atoms with E-state index in [0.717, 1.165) is 23.1 Å². The molecule has 31 heavy (non-hydrogen) atoms. The van der Waals surface area contributed by atoms with Gasteiger partial charge in [0.15, 0.2) is 11.2 Å². The molecule has 2 aromatic heterocycles.